The smallest absolute Gasteiger partial charge is 0.195 e. The Balaban J connectivity index is 2.17. The van der Waals surface area contributed by atoms with Gasteiger partial charge >= 0.3 is 0 Å². The Kier molecular flexibility index (Phi) is 3.60. The monoisotopic (exact) mass is 248 g/mol. The fourth-order valence-electron chi connectivity index (χ4n) is 1.97. The Labute approximate surface area is 105 Å². The van der Waals surface area contributed by atoms with E-state index in [0.29, 0.717) is 30.0 Å². The van der Waals surface area contributed by atoms with E-state index in [1.54, 1.807) is 13.0 Å². The summed E-state index contributed by atoms with van der Waals surface area (Å²) in [5.41, 5.74) is 0.292. The molecule has 0 spiro atoms. The molecule has 2 rings (SSSR count). The van der Waals surface area contributed by atoms with Gasteiger partial charge in [0.05, 0.1) is 5.57 Å². The maximum atomic E-state index is 11.8. The minimum absolute atomic E-state index is 0.0606. The van der Waals surface area contributed by atoms with Crippen molar-refractivity contribution in [3.05, 3.63) is 23.2 Å². The molecule has 1 heterocycles. The summed E-state index contributed by atoms with van der Waals surface area (Å²) in [6.45, 7) is 3.78. The lowest BCUT2D eigenvalue weighted by atomic mass is 9.86. The second kappa shape index (κ2) is 5.16. The molecule has 96 valence electrons. The predicted octanol–water partition coefficient (Wildman–Crippen LogP) is 2.89. The van der Waals surface area contributed by atoms with Crippen LogP contribution in [0.4, 0.5) is 5.82 Å². The van der Waals surface area contributed by atoms with Gasteiger partial charge in [-0.05, 0) is 12.8 Å². The van der Waals surface area contributed by atoms with Crippen molar-refractivity contribution in [3.8, 4) is 0 Å². The largest absolute Gasteiger partial charge is 0.511 e. The van der Waals surface area contributed by atoms with Crippen LogP contribution >= 0.6 is 0 Å². The molecule has 0 aromatic carbocycles. The van der Waals surface area contributed by atoms with Gasteiger partial charge < -0.3 is 9.63 Å². The van der Waals surface area contributed by atoms with Crippen LogP contribution in [-0.4, -0.2) is 22.3 Å². The number of carbonyl (C=O) groups excluding carboxylic acids is 1. The zero-order chi connectivity index (χ0) is 13.1. The molecule has 18 heavy (non-hydrogen) atoms. The van der Waals surface area contributed by atoms with Gasteiger partial charge in [0.1, 0.15) is 11.5 Å². The van der Waals surface area contributed by atoms with Crippen LogP contribution in [0.1, 0.15) is 31.9 Å². The lowest BCUT2D eigenvalue weighted by Gasteiger charge is -2.20. The van der Waals surface area contributed by atoms with Gasteiger partial charge in [0.15, 0.2) is 11.6 Å². The summed E-state index contributed by atoms with van der Waals surface area (Å²) in [7, 11) is 0. The molecule has 0 aliphatic heterocycles. The summed E-state index contributed by atoms with van der Waals surface area (Å²) in [5.74, 6) is 1.36. The van der Waals surface area contributed by atoms with E-state index < -0.39 is 0 Å². The minimum atomic E-state index is -0.0606. The number of Topliss-reactive ketones (excluding diaryl/α,β-unsaturated/α-hetero) is 1. The van der Waals surface area contributed by atoms with Crippen molar-refractivity contribution in [2.24, 2.45) is 10.9 Å². The van der Waals surface area contributed by atoms with Gasteiger partial charge in [0, 0.05) is 25.1 Å². The first-order valence-electron chi connectivity index (χ1n) is 6.02. The average molecular weight is 248 g/mol. The molecule has 1 aromatic heterocycles. The van der Waals surface area contributed by atoms with Crippen LogP contribution < -0.4 is 0 Å². The molecule has 1 N–H and O–H groups in total. The van der Waals surface area contributed by atoms with Gasteiger partial charge in [-0.3, -0.25) is 4.79 Å². The number of aliphatic imine (C=N–C) groups is 1. The summed E-state index contributed by atoms with van der Waals surface area (Å²) < 4.78 is 4.87. The van der Waals surface area contributed by atoms with Crippen molar-refractivity contribution in [2.75, 3.05) is 0 Å². The van der Waals surface area contributed by atoms with Crippen LogP contribution in [0.25, 0.3) is 0 Å². The third kappa shape index (κ3) is 2.67. The molecule has 1 aliphatic carbocycles. The Morgan fingerprint density at radius 1 is 1.61 bits per heavy atom. The number of rotatable bonds is 3. The number of nitrogens with zero attached hydrogens (tertiary/aromatic N) is 2. The number of allylic oxidation sites excluding steroid dienone is 2. The molecule has 0 radical (unpaired) electrons. The molecule has 1 aromatic rings. The summed E-state index contributed by atoms with van der Waals surface area (Å²) in [6, 6.07) is 1.66. The average Bonchev–Trinajstić information content (AvgIpc) is 2.73. The van der Waals surface area contributed by atoms with Crippen molar-refractivity contribution >= 4 is 17.8 Å². The minimum Gasteiger partial charge on any atom is -0.511 e. The Bertz CT molecular complexity index is 514. The van der Waals surface area contributed by atoms with E-state index in [0.717, 1.165) is 6.42 Å². The molecule has 0 bridgehead atoms. The van der Waals surface area contributed by atoms with Gasteiger partial charge in [-0.25, -0.2) is 4.99 Å². The van der Waals surface area contributed by atoms with Crippen LogP contribution in [0, 0.1) is 12.8 Å². The van der Waals surface area contributed by atoms with Crippen molar-refractivity contribution in [2.45, 2.75) is 33.1 Å². The van der Waals surface area contributed by atoms with E-state index in [2.05, 4.69) is 10.1 Å². The topological polar surface area (TPSA) is 75.7 Å². The van der Waals surface area contributed by atoms with Gasteiger partial charge in [-0.1, -0.05) is 18.5 Å². The second-order valence-electron chi connectivity index (χ2n) is 4.52. The summed E-state index contributed by atoms with van der Waals surface area (Å²) in [5, 5.41) is 13.5. The highest BCUT2D eigenvalue weighted by Crippen LogP contribution is 2.27. The normalized spacial score (nSPS) is 21.0. The zero-order valence-electron chi connectivity index (χ0n) is 10.5. The number of hydrogen-bond acceptors (Lipinski definition) is 5. The summed E-state index contributed by atoms with van der Waals surface area (Å²) in [6.07, 6.45) is 3.28. The van der Waals surface area contributed by atoms with Gasteiger partial charge in [0.2, 0.25) is 0 Å². The summed E-state index contributed by atoms with van der Waals surface area (Å²) >= 11 is 0. The number of aliphatic hydroxyl groups is 1. The number of aryl methyl sites for hydroxylation is 1. The SMILES string of the molecule is CCC1CC(=O)C(C=Nc2cc(C)on2)=C(O)C1. The quantitative estimate of drug-likeness (QED) is 0.834. The fourth-order valence-corrected chi connectivity index (χ4v) is 1.97. The highest BCUT2D eigenvalue weighted by molar-refractivity contribution is 6.14. The molecule has 0 fully saturated rings. The van der Waals surface area contributed by atoms with Crippen LogP contribution in [0.5, 0.6) is 0 Å². The third-order valence-electron chi connectivity index (χ3n) is 3.09. The summed E-state index contributed by atoms with van der Waals surface area (Å²) in [4.78, 5) is 15.9. The van der Waals surface area contributed by atoms with E-state index in [1.807, 2.05) is 6.92 Å². The molecule has 0 amide bonds. The molecule has 0 saturated heterocycles. The van der Waals surface area contributed by atoms with Crippen LogP contribution in [0.3, 0.4) is 0 Å². The predicted molar refractivity (Wildman–Crippen MR) is 67.1 cm³/mol. The molecule has 1 unspecified atom stereocenters. The Hall–Kier alpha value is -1.91. The van der Waals surface area contributed by atoms with Crippen molar-refractivity contribution < 1.29 is 14.4 Å². The Morgan fingerprint density at radius 3 is 2.94 bits per heavy atom. The van der Waals surface area contributed by atoms with E-state index in [4.69, 9.17) is 4.52 Å². The molecular weight excluding hydrogens is 232 g/mol. The van der Waals surface area contributed by atoms with E-state index in [1.165, 1.54) is 6.21 Å². The first-order chi connectivity index (χ1) is 8.60. The van der Waals surface area contributed by atoms with Crippen LogP contribution in [0.2, 0.25) is 0 Å². The van der Waals surface area contributed by atoms with Crippen molar-refractivity contribution in [1.82, 2.24) is 5.16 Å². The lowest BCUT2D eigenvalue weighted by molar-refractivity contribution is -0.116. The molecular formula is C13H16N2O3. The first-order valence-corrected chi connectivity index (χ1v) is 6.02. The van der Waals surface area contributed by atoms with Gasteiger partial charge in [-0.15, -0.1) is 0 Å². The zero-order valence-corrected chi connectivity index (χ0v) is 10.5. The van der Waals surface area contributed by atoms with Gasteiger partial charge in [0.25, 0.3) is 0 Å². The highest BCUT2D eigenvalue weighted by Gasteiger charge is 2.25. The highest BCUT2D eigenvalue weighted by atomic mass is 16.5. The standard InChI is InChI=1S/C13H16N2O3/c1-3-9-5-11(16)10(12(17)6-9)7-14-13-4-8(2)18-15-13/h4,7,9,16H,3,5-6H2,1-2H3. The van der Waals surface area contributed by atoms with E-state index >= 15 is 0 Å². The number of aliphatic hydroxyl groups excluding tert-OH is 1. The van der Waals surface area contributed by atoms with Crippen molar-refractivity contribution in [3.63, 3.8) is 0 Å². The fraction of sp³-hybridized carbons (Fsp3) is 0.462. The van der Waals surface area contributed by atoms with Crippen LogP contribution in [0.15, 0.2) is 26.9 Å². The molecule has 1 aliphatic rings. The second-order valence-corrected chi connectivity index (χ2v) is 4.52. The molecule has 1 atom stereocenters. The molecule has 5 nitrogen and oxygen atoms in total. The third-order valence-corrected chi connectivity index (χ3v) is 3.09. The number of hydrogen-bond donors (Lipinski definition) is 1. The number of ketones is 1. The number of carbonyl (C=O) groups is 1. The van der Waals surface area contributed by atoms with Crippen LogP contribution in [-0.2, 0) is 4.79 Å². The molecule has 5 heteroatoms. The lowest BCUT2D eigenvalue weighted by Crippen LogP contribution is -2.19. The Morgan fingerprint density at radius 2 is 2.39 bits per heavy atom. The van der Waals surface area contributed by atoms with Crippen molar-refractivity contribution in [1.29, 1.82) is 0 Å². The molecule has 0 saturated carbocycles. The van der Waals surface area contributed by atoms with E-state index in [9.17, 15) is 9.90 Å². The maximum Gasteiger partial charge on any atom is 0.195 e. The first kappa shape index (κ1) is 12.5. The maximum absolute atomic E-state index is 11.8. The number of aromatic nitrogens is 1. The van der Waals surface area contributed by atoms with E-state index in [-0.39, 0.29) is 17.5 Å². The van der Waals surface area contributed by atoms with Gasteiger partial charge in [-0.2, -0.15) is 0 Å².